The lowest BCUT2D eigenvalue weighted by molar-refractivity contribution is -0.123. The van der Waals surface area contributed by atoms with E-state index in [9.17, 15) is 4.79 Å². The van der Waals surface area contributed by atoms with Crippen LogP contribution in [0.5, 0.6) is 0 Å². The maximum absolute atomic E-state index is 11.8. The zero-order chi connectivity index (χ0) is 12.6. The van der Waals surface area contributed by atoms with E-state index in [0.29, 0.717) is 5.13 Å². The molecule has 90 valence electrons. The van der Waals surface area contributed by atoms with Gasteiger partial charge in [0, 0.05) is 5.41 Å². The number of carbonyl (C=O) groups is 1. The van der Waals surface area contributed by atoms with Crippen LogP contribution in [-0.4, -0.2) is 10.9 Å². The van der Waals surface area contributed by atoms with Gasteiger partial charge in [0.05, 0.1) is 10.2 Å². The van der Waals surface area contributed by atoms with E-state index in [4.69, 9.17) is 0 Å². The molecule has 1 aromatic heterocycles. The van der Waals surface area contributed by atoms with Gasteiger partial charge in [0.25, 0.3) is 0 Å². The van der Waals surface area contributed by atoms with Gasteiger partial charge in [0.15, 0.2) is 5.13 Å². The number of nitrogens with one attached hydrogen (secondary N) is 1. The first-order valence-corrected chi connectivity index (χ1v) is 6.36. The summed E-state index contributed by atoms with van der Waals surface area (Å²) in [6.45, 7) is 7.71. The number of aromatic nitrogens is 1. The lowest BCUT2D eigenvalue weighted by Crippen LogP contribution is -2.27. The molecule has 0 saturated carbocycles. The Morgan fingerprint density at radius 3 is 2.71 bits per heavy atom. The van der Waals surface area contributed by atoms with Gasteiger partial charge in [0.2, 0.25) is 5.91 Å². The number of hydrogen-bond donors (Lipinski definition) is 1. The Labute approximate surface area is 105 Å². The second kappa shape index (κ2) is 4.11. The smallest absolute Gasteiger partial charge is 0.231 e. The van der Waals surface area contributed by atoms with Crippen LogP contribution in [0.15, 0.2) is 18.2 Å². The summed E-state index contributed by atoms with van der Waals surface area (Å²) < 4.78 is 1.11. The molecule has 0 radical (unpaired) electrons. The van der Waals surface area contributed by atoms with E-state index in [1.807, 2.05) is 39.8 Å². The summed E-state index contributed by atoms with van der Waals surface area (Å²) in [7, 11) is 0. The molecule has 3 nitrogen and oxygen atoms in total. The van der Waals surface area contributed by atoms with Crippen LogP contribution in [0.3, 0.4) is 0 Å². The van der Waals surface area contributed by atoms with Crippen LogP contribution in [0, 0.1) is 12.3 Å². The number of aryl methyl sites for hydroxylation is 1. The molecule has 0 unspecified atom stereocenters. The zero-order valence-corrected chi connectivity index (χ0v) is 11.3. The van der Waals surface area contributed by atoms with Crippen molar-refractivity contribution in [2.75, 3.05) is 5.32 Å². The first-order chi connectivity index (χ1) is 7.86. The highest BCUT2D eigenvalue weighted by atomic mass is 32.1. The number of hydrogen-bond acceptors (Lipinski definition) is 3. The average Bonchev–Trinajstić information content (AvgIpc) is 2.57. The van der Waals surface area contributed by atoms with Gasteiger partial charge >= 0.3 is 0 Å². The SMILES string of the molecule is Cc1ccc2nc(NC(=O)C(C)(C)C)sc2c1. The van der Waals surface area contributed by atoms with E-state index in [2.05, 4.69) is 16.4 Å². The van der Waals surface area contributed by atoms with Crippen molar-refractivity contribution >= 4 is 32.6 Å². The van der Waals surface area contributed by atoms with Crippen molar-refractivity contribution < 1.29 is 4.79 Å². The first kappa shape index (κ1) is 12.0. The van der Waals surface area contributed by atoms with Crippen molar-refractivity contribution in [2.45, 2.75) is 27.7 Å². The van der Waals surface area contributed by atoms with Crippen LogP contribution in [0.4, 0.5) is 5.13 Å². The molecule has 0 fully saturated rings. The largest absolute Gasteiger partial charge is 0.301 e. The summed E-state index contributed by atoms with van der Waals surface area (Å²) in [5, 5.41) is 3.53. The molecule has 0 bridgehead atoms. The molecule has 0 aliphatic carbocycles. The molecular weight excluding hydrogens is 232 g/mol. The number of anilines is 1. The van der Waals surface area contributed by atoms with Gasteiger partial charge in [0.1, 0.15) is 0 Å². The Kier molecular flexibility index (Phi) is 2.91. The molecule has 2 rings (SSSR count). The van der Waals surface area contributed by atoms with Crippen molar-refractivity contribution in [1.82, 2.24) is 4.98 Å². The highest BCUT2D eigenvalue weighted by molar-refractivity contribution is 7.22. The van der Waals surface area contributed by atoms with Crippen LogP contribution in [0.2, 0.25) is 0 Å². The second-order valence-corrected chi connectivity index (χ2v) is 6.22. The molecule has 0 atom stereocenters. The van der Waals surface area contributed by atoms with E-state index >= 15 is 0 Å². The highest BCUT2D eigenvalue weighted by Gasteiger charge is 2.22. The van der Waals surface area contributed by atoms with Gasteiger partial charge in [-0.1, -0.05) is 38.2 Å². The topological polar surface area (TPSA) is 42.0 Å². The van der Waals surface area contributed by atoms with Gasteiger partial charge in [-0.05, 0) is 24.6 Å². The molecule has 0 spiro atoms. The number of rotatable bonds is 1. The van der Waals surface area contributed by atoms with Gasteiger partial charge < -0.3 is 5.32 Å². The molecule has 1 heterocycles. The number of amides is 1. The zero-order valence-electron chi connectivity index (χ0n) is 10.5. The maximum Gasteiger partial charge on any atom is 0.231 e. The third-order valence-electron chi connectivity index (χ3n) is 2.45. The minimum atomic E-state index is -0.395. The average molecular weight is 248 g/mol. The predicted octanol–water partition coefficient (Wildman–Crippen LogP) is 3.59. The number of fused-ring (bicyclic) bond motifs is 1. The van der Waals surface area contributed by atoms with Crippen molar-refractivity contribution in [3.8, 4) is 0 Å². The van der Waals surface area contributed by atoms with Gasteiger partial charge in [-0.3, -0.25) is 4.79 Å². The van der Waals surface area contributed by atoms with Crippen molar-refractivity contribution in [3.05, 3.63) is 23.8 Å². The summed E-state index contributed by atoms with van der Waals surface area (Å²) in [5.74, 6) is -0.00622. The highest BCUT2D eigenvalue weighted by Crippen LogP contribution is 2.28. The molecule has 2 aromatic rings. The van der Waals surface area contributed by atoms with Gasteiger partial charge in [-0.15, -0.1) is 0 Å². The molecule has 1 amide bonds. The summed E-state index contributed by atoms with van der Waals surface area (Å²) >= 11 is 1.51. The Hall–Kier alpha value is -1.42. The lowest BCUT2D eigenvalue weighted by atomic mass is 9.96. The third kappa shape index (κ3) is 2.64. The molecule has 1 aromatic carbocycles. The third-order valence-corrected chi connectivity index (χ3v) is 3.38. The number of benzene rings is 1. The maximum atomic E-state index is 11.8. The predicted molar refractivity (Wildman–Crippen MR) is 72.4 cm³/mol. The minimum Gasteiger partial charge on any atom is -0.301 e. The Morgan fingerprint density at radius 2 is 2.06 bits per heavy atom. The van der Waals surface area contributed by atoms with E-state index in [1.54, 1.807) is 0 Å². The quantitative estimate of drug-likeness (QED) is 0.838. The molecule has 1 N–H and O–H groups in total. The first-order valence-electron chi connectivity index (χ1n) is 5.55. The van der Waals surface area contributed by atoms with Gasteiger partial charge in [-0.2, -0.15) is 0 Å². The minimum absolute atomic E-state index is 0.00622. The molecular formula is C13H16N2OS. The summed E-state index contributed by atoms with van der Waals surface area (Å²) in [6, 6.07) is 6.09. The molecule has 0 aliphatic heterocycles. The van der Waals surface area contributed by atoms with Crippen LogP contribution in [0.25, 0.3) is 10.2 Å². The lowest BCUT2D eigenvalue weighted by Gasteiger charge is -2.15. The van der Waals surface area contributed by atoms with Crippen LogP contribution in [0.1, 0.15) is 26.3 Å². The van der Waals surface area contributed by atoms with Crippen molar-refractivity contribution in [1.29, 1.82) is 0 Å². The normalized spacial score (nSPS) is 11.8. The Balaban J connectivity index is 2.29. The van der Waals surface area contributed by atoms with E-state index in [-0.39, 0.29) is 5.91 Å². The summed E-state index contributed by atoms with van der Waals surface area (Å²) in [5.41, 5.74) is 1.74. The van der Waals surface area contributed by atoms with Crippen LogP contribution >= 0.6 is 11.3 Å². The second-order valence-electron chi connectivity index (χ2n) is 5.19. The van der Waals surface area contributed by atoms with Crippen LogP contribution in [-0.2, 0) is 4.79 Å². The molecule has 0 saturated heterocycles. The van der Waals surface area contributed by atoms with Crippen molar-refractivity contribution in [3.63, 3.8) is 0 Å². The fourth-order valence-corrected chi connectivity index (χ4v) is 2.33. The number of thiazole rings is 1. The Bertz CT molecular complexity index is 566. The summed E-state index contributed by atoms with van der Waals surface area (Å²) in [6.07, 6.45) is 0. The summed E-state index contributed by atoms with van der Waals surface area (Å²) in [4.78, 5) is 16.2. The van der Waals surface area contributed by atoms with Crippen molar-refractivity contribution in [2.24, 2.45) is 5.41 Å². The number of carbonyl (C=O) groups excluding carboxylic acids is 1. The standard InChI is InChI=1S/C13H16N2OS/c1-8-5-6-9-10(7-8)17-12(14-9)15-11(16)13(2,3)4/h5-7H,1-4H3,(H,14,15,16). The molecule has 17 heavy (non-hydrogen) atoms. The monoisotopic (exact) mass is 248 g/mol. The van der Waals surface area contributed by atoms with Gasteiger partial charge in [-0.25, -0.2) is 4.98 Å². The Morgan fingerprint density at radius 1 is 1.35 bits per heavy atom. The fraction of sp³-hybridized carbons (Fsp3) is 0.385. The number of nitrogens with zero attached hydrogens (tertiary/aromatic N) is 1. The van der Waals surface area contributed by atoms with E-state index < -0.39 is 5.41 Å². The molecule has 4 heteroatoms. The van der Waals surface area contributed by atoms with E-state index in [1.165, 1.54) is 16.9 Å². The van der Waals surface area contributed by atoms with E-state index in [0.717, 1.165) is 10.2 Å². The fourth-order valence-electron chi connectivity index (χ4n) is 1.37. The van der Waals surface area contributed by atoms with Crippen LogP contribution < -0.4 is 5.32 Å². The molecule has 0 aliphatic rings.